The van der Waals surface area contributed by atoms with Gasteiger partial charge in [0, 0.05) is 18.6 Å². The van der Waals surface area contributed by atoms with Crippen LogP contribution in [0.25, 0.3) is 0 Å². The number of carbonyl (C=O) groups is 1. The SMILES string of the molecule is O=CN[C@@H]1CCCN(C2CC2)C1. The molecule has 1 aliphatic carbocycles. The highest BCUT2D eigenvalue weighted by atomic mass is 16.1. The van der Waals surface area contributed by atoms with E-state index in [4.69, 9.17) is 0 Å². The van der Waals surface area contributed by atoms with Crippen LogP contribution in [0.2, 0.25) is 0 Å². The lowest BCUT2D eigenvalue weighted by Gasteiger charge is -2.32. The number of nitrogens with zero attached hydrogens (tertiary/aromatic N) is 1. The minimum atomic E-state index is 0.414. The fourth-order valence-electron chi connectivity index (χ4n) is 2.01. The van der Waals surface area contributed by atoms with Crippen LogP contribution in [0.3, 0.4) is 0 Å². The van der Waals surface area contributed by atoms with Crippen molar-refractivity contribution in [1.82, 2.24) is 10.2 Å². The molecule has 1 N–H and O–H groups in total. The van der Waals surface area contributed by atoms with Gasteiger partial charge in [0.1, 0.15) is 0 Å². The maximum Gasteiger partial charge on any atom is 0.207 e. The highest BCUT2D eigenvalue weighted by Crippen LogP contribution is 2.29. The first-order valence-corrected chi connectivity index (χ1v) is 4.84. The molecule has 1 heterocycles. The van der Waals surface area contributed by atoms with Crippen molar-refractivity contribution in [2.75, 3.05) is 13.1 Å². The van der Waals surface area contributed by atoms with Crippen LogP contribution in [0.1, 0.15) is 25.7 Å². The van der Waals surface area contributed by atoms with Gasteiger partial charge in [-0.15, -0.1) is 0 Å². The van der Waals surface area contributed by atoms with E-state index in [2.05, 4.69) is 10.2 Å². The lowest BCUT2D eigenvalue weighted by molar-refractivity contribution is -0.110. The molecule has 1 aliphatic heterocycles. The number of piperidine rings is 1. The molecule has 3 nitrogen and oxygen atoms in total. The molecule has 2 rings (SSSR count). The van der Waals surface area contributed by atoms with Crippen molar-refractivity contribution in [3.05, 3.63) is 0 Å². The third-order valence-electron chi connectivity index (χ3n) is 2.82. The summed E-state index contributed by atoms with van der Waals surface area (Å²) in [6.45, 7) is 2.31. The zero-order valence-corrected chi connectivity index (χ0v) is 7.33. The van der Waals surface area contributed by atoms with Gasteiger partial charge in [-0.25, -0.2) is 0 Å². The third-order valence-corrected chi connectivity index (χ3v) is 2.82. The van der Waals surface area contributed by atoms with Gasteiger partial charge in [0.15, 0.2) is 0 Å². The van der Waals surface area contributed by atoms with E-state index in [0.29, 0.717) is 6.04 Å². The van der Waals surface area contributed by atoms with Gasteiger partial charge in [-0.05, 0) is 32.2 Å². The van der Waals surface area contributed by atoms with E-state index in [9.17, 15) is 4.79 Å². The summed E-state index contributed by atoms with van der Waals surface area (Å²) >= 11 is 0. The molecule has 2 fully saturated rings. The van der Waals surface area contributed by atoms with E-state index in [0.717, 1.165) is 25.4 Å². The lowest BCUT2D eigenvalue weighted by Crippen LogP contribution is -2.46. The maximum absolute atomic E-state index is 10.2. The van der Waals surface area contributed by atoms with Crippen LogP contribution < -0.4 is 5.32 Å². The van der Waals surface area contributed by atoms with Crippen molar-refractivity contribution in [3.8, 4) is 0 Å². The molecule has 2 aliphatic rings. The second-order valence-electron chi connectivity index (χ2n) is 3.85. The second kappa shape index (κ2) is 3.44. The molecule has 0 aromatic heterocycles. The molecule has 68 valence electrons. The minimum Gasteiger partial charge on any atom is -0.355 e. The summed E-state index contributed by atoms with van der Waals surface area (Å²) in [6, 6.07) is 1.26. The van der Waals surface area contributed by atoms with Crippen LogP contribution in [0.5, 0.6) is 0 Å². The highest BCUT2D eigenvalue weighted by Gasteiger charge is 2.32. The number of nitrogens with one attached hydrogen (secondary N) is 1. The first-order chi connectivity index (χ1) is 5.90. The normalized spacial score (nSPS) is 31.5. The topological polar surface area (TPSA) is 32.3 Å². The van der Waals surface area contributed by atoms with Gasteiger partial charge in [0.25, 0.3) is 0 Å². The molecule has 1 atom stereocenters. The molecular weight excluding hydrogens is 152 g/mol. The van der Waals surface area contributed by atoms with Gasteiger partial charge in [-0.2, -0.15) is 0 Å². The summed E-state index contributed by atoms with van der Waals surface area (Å²) in [4.78, 5) is 12.8. The van der Waals surface area contributed by atoms with Crippen LogP contribution in [-0.4, -0.2) is 36.5 Å². The molecule has 1 amide bonds. The van der Waals surface area contributed by atoms with Crippen LogP contribution in [-0.2, 0) is 4.79 Å². The van der Waals surface area contributed by atoms with Gasteiger partial charge < -0.3 is 5.32 Å². The van der Waals surface area contributed by atoms with Gasteiger partial charge in [-0.3, -0.25) is 9.69 Å². The van der Waals surface area contributed by atoms with Crippen molar-refractivity contribution >= 4 is 6.41 Å². The van der Waals surface area contributed by atoms with Crippen LogP contribution in [0.4, 0.5) is 0 Å². The molecule has 0 aromatic carbocycles. The molecule has 3 heteroatoms. The zero-order chi connectivity index (χ0) is 8.39. The Balaban J connectivity index is 1.80. The molecule has 0 spiro atoms. The summed E-state index contributed by atoms with van der Waals surface area (Å²) in [5, 5.41) is 2.87. The van der Waals surface area contributed by atoms with E-state index in [-0.39, 0.29) is 0 Å². The summed E-state index contributed by atoms with van der Waals surface area (Å²) in [5.41, 5.74) is 0. The average Bonchev–Trinajstić information content (AvgIpc) is 2.88. The summed E-state index contributed by atoms with van der Waals surface area (Å²) in [7, 11) is 0. The van der Waals surface area contributed by atoms with Crippen molar-refractivity contribution in [2.45, 2.75) is 37.8 Å². The predicted molar refractivity (Wildman–Crippen MR) is 46.8 cm³/mol. The molecule has 1 saturated heterocycles. The van der Waals surface area contributed by atoms with Crippen molar-refractivity contribution in [2.24, 2.45) is 0 Å². The highest BCUT2D eigenvalue weighted by molar-refractivity contribution is 5.46. The van der Waals surface area contributed by atoms with Gasteiger partial charge in [0.05, 0.1) is 0 Å². The minimum absolute atomic E-state index is 0.414. The Morgan fingerprint density at radius 3 is 2.83 bits per heavy atom. The number of carbonyl (C=O) groups excluding carboxylic acids is 1. The van der Waals surface area contributed by atoms with Crippen LogP contribution in [0.15, 0.2) is 0 Å². The van der Waals surface area contributed by atoms with E-state index in [1.165, 1.54) is 25.8 Å². The van der Waals surface area contributed by atoms with Gasteiger partial charge >= 0.3 is 0 Å². The van der Waals surface area contributed by atoms with E-state index < -0.39 is 0 Å². The Labute approximate surface area is 73.1 Å². The molecule has 0 aromatic rings. The first kappa shape index (κ1) is 8.05. The van der Waals surface area contributed by atoms with Crippen molar-refractivity contribution in [1.29, 1.82) is 0 Å². The van der Waals surface area contributed by atoms with Crippen LogP contribution >= 0.6 is 0 Å². The lowest BCUT2D eigenvalue weighted by atomic mass is 10.1. The fraction of sp³-hybridized carbons (Fsp3) is 0.889. The van der Waals surface area contributed by atoms with Gasteiger partial charge in [0.2, 0.25) is 6.41 Å². The number of rotatable bonds is 3. The molecule has 0 bridgehead atoms. The number of hydrogen-bond donors (Lipinski definition) is 1. The number of amides is 1. The molecule has 0 radical (unpaired) electrons. The molecular formula is C9H16N2O. The second-order valence-corrected chi connectivity index (χ2v) is 3.85. The quantitative estimate of drug-likeness (QED) is 0.617. The van der Waals surface area contributed by atoms with Crippen molar-refractivity contribution in [3.63, 3.8) is 0 Å². The summed E-state index contributed by atoms with van der Waals surface area (Å²) < 4.78 is 0. The standard InChI is InChI=1S/C9H16N2O/c12-7-10-8-2-1-5-11(6-8)9-3-4-9/h7-9H,1-6H2,(H,10,12)/t8-/m1/s1. The van der Waals surface area contributed by atoms with E-state index >= 15 is 0 Å². The van der Waals surface area contributed by atoms with Crippen LogP contribution in [0, 0.1) is 0 Å². The predicted octanol–water partition coefficient (Wildman–Crippen LogP) is 0.359. The Kier molecular flexibility index (Phi) is 2.30. The Hall–Kier alpha value is -0.570. The maximum atomic E-state index is 10.2. The third kappa shape index (κ3) is 1.78. The first-order valence-electron chi connectivity index (χ1n) is 4.84. The molecule has 12 heavy (non-hydrogen) atoms. The van der Waals surface area contributed by atoms with E-state index in [1.54, 1.807) is 0 Å². The molecule has 1 saturated carbocycles. The largest absolute Gasteiger partial charge is 0.355 e. The van der Waals surface area contributed by atoms with Crippen molar-refractivity contribution < 1.29 is 4.79 Å². The smallest absolute Gasteiger partial charge is 0.207 e. The Morgan fingerprint density at radius 1 is 1.33 bits per heavy atom. The fourth-order valence-corrected chi connectivity index (χ4v) is 2.01. The average molecular weight is 168 g/mol. The molecule has 0 unspecified atom stereocenters. The number of likely N-dealkylation sites (tertiary alicyclic amines) is 1. The monoisotopic (exact) mass is 168 g/mol. The summed E-state index contributed by atoms with van der Waals surface area (Å²) in [5.74, 6) is 0. The van der Waals surface area contributed by atoms with Gasteiger partial charge in [-0.1, -0.05) is 0 Å². The Morgan fingerprint density at radius 2 is 2.17 bits per heavy atom. The summed E-state index contributed by atoms with van der Waals surface area (Å²) in [6.07, 6.45) is 5.96. The Bertz CT molecular complexity index is 168. The van der Waals surface area contributed by atoms with E-state index in [1.807, 2.05) is 0 Å². The zero-order valence-electron chi connectivity index (χ0n) is 7.33. The number of hydrogen-bond acceptors (Lipinski definition) is 2.